The number of rotatable bonds is 4. The van der Waals surface area contributed by atoms with E-state index >= 15 is 0 Å². The Kier molecular flexibility index (Phi) is 3.96. The molecule has 0 aliphatic carbocycles. The first-order valence-corrected chi connectivity index (χ1v) is 7.68. The normalized spacial score (nSPS) is 10.5. The summed E-state index contributed by atoms with van der Waals surface area (Å²) in [6.07, 6.45) is 4.12. The highest BCUT2D eigenvalue weighted by Crippen LogP contribution is 2.38. The summed E-state index contributed by atoms with van der Waals surface area (Å²) in [7, 11) is 0. The predicted octanol–water partition coefficient (Wildman–Crippen LogP) is 5.32. The molecule has 0 fully saturated rings. The summed E-state index contributed by atoms with van der Waals surface area (Å²) >= 11 is 3.58. The minimum absolute atomic E-state index is 1.26. The van der Waals surface area contributed by atoms with Gasteiger partial charge in [-0.05, 0) is 24.3 Å². The number of hydrogen-bond acceptors (Lipinski definition) is 2. The number of aromatic nitrogens is 1. The molecule has 0 bridgehead atoms. The van der Waals surface area contributed by atoms with Crippen molar-refractivity contribution in [3.8, 4) is 0 Å². The molecule has 3 rings (SSSR count). The van der Waals surface area contributed by atoms with E-state index in [1.54, 1.807) is 23.5 Å². The van der Waals surface area contributed by atoms with Gasteiger partial charge >= 0.3 is 0 Å². The zero-order valence-corrected chi connectivity index (χ0v) is 11.9. The van der Waals surface area contributed by atoms with Gasteiger partial charge in [0.25, 0.3) is 0 Å². The third kappa shape index (κ3) is 3.25. The molecule has 0 saturated heterocycles. The van der Waals surface area contributed by atoms with Crippen molar-refractivity contribution >= 4 is 23.5 Å². The second-order valence-electron chi connectivity index (χ2n) is 4.01. The van der Waals surface area contributed by atoms with Gasteiger partial charge in [0.2, 0.25) is 0 Å². The highest BCUT2D eigenvalue weighted by molar-refractivity contribution is 8.02. The standard InChI is InChI=1S/C16H13NS2/c1-3-7-13(8-4-1)18-15-11-17-12-16(15)19-14-9-5-2-6-10-14/h1-12,17H. The molecule has 1 N–H and O–H groups in total. The van der Waals surface area contributed by atoms with E-state index in [4.69, 9.17) is 0 Å². The van der Waals surface area contributed by atoms with Gasteiger partial charge in [-0.25, -0.2) is 0 Å². The Morgan fingerprint density at radius 3 is 1.42 bits per heavy atom. The van der Waals surface area contributed by atoms with E-state index in [0.717, 1.165) is 0 Å². The van der Waals surface area contributed by atoms with Crippen LogP contribution in [0.5, 0.6) is 0 Å². The van der Waals surface area contributed by atoms with Crippen LogP contribution in [0.15, 0.2) is 92.6 Å². The Balaban J connectivity index is 1.79. The summed E-state index contributed by atoms with van der Waals surface area (Å²) < 4.78 is 0. The van der Waals surface area contributed by atoms with Gasteiger partial charge in [0.15, 0.2) is 0 Å². The van der Waals surface area contributed by atoms with Crippen LogP contribution in [-0.2, 0) is 0 Å². The van der Waals surface area contributed by atoms with Crippen LogP contribution in [0.2, 0.25) is 0 Å². The van der Waals surface area contributed by atoms with Crippen LogP contribution in [-0.4, -0.2) is 4.98 Å². The zero-order valence-electron chi connectivity index (χ0n) is 10.2. The van der Waals surface area contributed by atoms with Crippen molar-refractivity contribution in [1.29, 1.82) is 0 Å². The molecule has 3 aromatic rings. The summed E-state index contributed by atoms with van der Waals surface area (Å²) in [6.45, 7) is 0. The first-order chi connectivity index (χ1) is 9.42. The molecular formula is C16H13NS2. The smallest absolute Gasteiger partial charge is 0.0436 e. The Bertz CT molecular complexity index is 576. The molecule has 0 unspecified atom stereocenters. The Hall–Kier alpha value is -1.58. The lowest BCUT2D eigenvalue weighted by molar-refractivity contribution is 1.30. The lowest BCUT2D eigenvalue weighted by Gasteiger charge is -2.03. The topological polar surface area (TPSA) is 15.8 Å². The molecule has 0 spiro atoms. The molecule has 0 saturated carbocycles. The molecule has 0 radical (unpaired) electrons. The second-order valence-corrected chi connectivity index (χ2v) is 6.24. The average Bonchev–Trinajstić information content (AvgIpc) is 2.88. The van der Waals surface area contributed by atoms with Crippen LogP contribution in [0.1, 0.15) is 0 Å². The largest absolute Gasteiger partial charge is 0.366 e. The number of H-pyrrole nitrogens is 1. The maximum absolute atomic E-state index is 3.20. The van der Waals surface area contributed by atoms with Crippen molar-refractivity contribution in [3.63, 3.8) is 0 Å². The summed E-state index contributed by atoms with van der Waals surface area (Å²) in [4.78, 5) is 8.25. The van der Waals surface area contributed by atoms with Gasteiger partial charge in [-0.1, -0.05) is 59.9 Å². The van der Waals surface area contributed by atoms with Gasteiger partial charge in [0, 0.05) is 32.0 Å². The molecule has 94 valence electrons. The summed E-state index contributed by atoms with van der Waals surface area (Å²) in [5.74, 6) is 0. The molecular weight excluding hydrogens is 270 g/mol. The fourth-order valence-electron chi connectivity index (χ4n) is 1.73. The van der Waals surface area contributed by atoms with E-state index in [9.17, 15) is 0 Å². The average molecular weight is 283 g/mol. The summed E-state index contributed by atoms with van der Waals surface area (Å²) in [5, 5.41) is 0. The van der Waals surface area contributed by atoms with E-state index in [1.807, 2.05) is 12.1 Å². The van der Waals surface area contributed by atoms with Crippen LogP contribution in [0.3, 0.4) is 0 Å². The molecule has 0 aliphatic heterocycles. The van der Waals surface area contributed by atoms with Crippen LogP contribution < -0.4 is 0 Å². The van der Waals surface area contributed by atoms with Gasteiger partial charge < -0.3 is 4.98 Å². The quantitative estimate of drug-likeness (QED) is 0.697. The Morgan fingerprint density at radius 2 is 1.00 bits per heavy atom. The van der Waals surface area contributed by atoms with Crippen molar-refractivity contribution < 1.29 is 0 Å². The molecule has 2 aromatic carbocycles. The fraction of sp³-hybridized carbons (Fsp3) is 0. The third-order valence-electron chi connectivity index (χ3n) is 2.61. The zero-order chi connectivity index (χ0) is 12.9. The number of nitrogens with one attached hydrogen (secondary N) is 1. The van der Waals surface area contributed by atoms with E-state index in [-0.39, 0.29) is 0 Å². The maximum atomic E-state index is 3.20. The lowest BCUT2D eigenvalue weighted by Crippen LogP contribution is -1.74. The van der Waals surface area contributed by atoms with Gasteiger partial charge in [0.1, 0.15) is 0 Å². The van der Waals surface area contributed by atoms with Crippen LogP contribution in [0, 0.1) is 0 Å². The Morgan fingerprint density at radius 1 is 0.579 bits per heavy atom. The van der Waals surface area contributed by atoms with Crippen molar-refractivity contribution in [2.24, 2.45) is 0 Å². The van der Waals surface area contributed by atoms with Crippen molar-refractivity contribution in [2.45, 2.75) is 19.6 Å². The first-order valence-electron chi connectivity index (χ1n) is 6.04. The number of benzene rings is 2. The molecule has 19 heavy (non-hydrogen) atoms. The SMILES string of the molecule is c1ccc(Sc2c[nH]cc2Sc2ccccc2)cc1. The molecule has 1 aromatic heterocycles. The fourth-order valence-corrected chi connectivity index (χ4v) is 3.64. The van der Waals surface area contributed by atoms with E-state index in [1.165, 1.54) is 19.6 Å². The summed E-state index contributed by atoms with van der Waals surface area (Å²) in [6, 6.07) is 20.9. The van der Waals surface area contributed by atoms with Crippen LogP contribution >= 0.6 is 23.5 Å². The summed E-state index contributed by atoms with van der Waals surface area (Å²) in [5.41, 5.74) is 0. The Labute approximate surface area is 121 Å². The van der Waals surface area contributed by atoms with Gasteiger partial charge in [-0.15, -0.1) is 0 Å². The maximum Gasteiger partial charge on any atom is 0.0436 e. The van der Waals surface area contributed by atoms with Gasteiger partial charge in [0.05, 0.1) is 0 Å². The molecule has 1 heterocycles. The van der Waals surface area contributed by atoms with Crippen molar-refractivity contribution in [1.82, 2.24) is 4.98 Å². The lowest BCUT2D eigenvalue weighted by atomic mass is 10.4. The highest BCUT2D eigenvalue weighted by Gasteiger charge is 2.07. The van der Waals surface area contributed by atoms with Crippen LogP contribution in [0.25, 0.3) is 0 Å². The minimum atomic E-state index is 1.26. The van der Waals surface area contributed by atoms with Gasteiger partial charge in [-0.2, -0.15) is 0 Å². The molecule has 0 aliphatic rings. The minimum Gasteiger partial charge on any atom is -0.366 e. The molecule has 1 nitrogen and oxygen atoms in total. The first kappa shape index (κ1) is 12.5. The van der Waals surface area contributed by atoms with Crippen LogP contribution in [0.4, 0.5) is 0 Å². The molecule has 0 amide bonds. The monoisotopic (exact) mass is 283 g/mol. The second kappa shape index (κ2) is 6.04. The highest BCUT2D eigenvalue weighted by atomic mass is 32.2. The predicted molar refractivity (Wildman–Crippen MR) is 81.9 cm³/mol. The number of hydrogen-bond donors (Lipinski definition) is 1. The number of aromatic amines is 1. The van der Waals surface area contributed by atoms with E-state index in [0.29, 0.717) is 0 Å². The molecule has 0 atom stereocenters. The van der Waals surface area contributed by atoms with Crippen molar-refractivity contribution in [3.05, 3.63) is 73.1 Å². The third-order valence-corrected chi connectivity index (χ3v) is 4.87. The van der Waals surface area contributed by atoms with E-state index in [2.05, 4.69) is 65.9 Å². The van der Waals surface area contributed by atoms with Gasteiger partial charge in [-0.3, -0.25) is 0 Å². The van der Waals surface area contributed by atoms with E-state index < -0.39 is 0 Å². The molecule has 3 heteroatoms. The van der Waals surface area contributed by atoms with Crippen molar-refractivity contribution in [2.75, 3.05) is 0 Å².